The van der Waals surface area contributed by atoms with Crippen LogP contribution >= 0.6 is 11.8 Å². The van der Waals surface area contributed by atoms with Crippen LogP contribution in [0.5, 0.6) is 0 Å². The van der Waals surface area contributed by atoms with Gasteiger partial charge in [0.2, 0.25) is 0 Å². The molecule has 1 aliphatic rings. The number of hydrazine groups is 1. The average Bonchev–Trinajstić information content (AvgIpc) is 2.38. The van der Waals surface area contributed by atoms with Crippen LogP contribution in [0.1, 0.15) is 19.3 Å². The van der Waals surface area contributed by atoms with Crippen molar-refractivity contribution in [3.63, 3.8) is 0 Å². The fourth-order valence-corrected chi connectivity index (χ4v) is 3.06. The summed E-state index contributed by atoms with van der Waals surface area (Å²) in [7, 11) is 0. The maximum atomic E-state index is 5.56. The molecule has 3 N–H and O–H groups in total. The summed E-state index contributed by atoms with van der Waals surface area (Å²) in [6.45, 7) is 0. The van der Waals surface area contributed by atoms with Gasteiger partial charge in [0.15, 0.2) is 0 Å². The van der Waals surface area contributed by atoms with Crippen molar-refractivity contribution in [1.82, 2.24) is 5.43 Å². The predicted octanol–water partition coefficient (Wildman–Crippen LogP) is 2.47. The van der Waals surface area contributed by atoms with Gasteiger partial charge in [-0.25, -0.2) is 10.8 Å². The number of nitrogens with one attached hydrogen (secondary N) is 1. The highest BCUT2D eigenvalue weighted by Crippen LogP contribution is 2.26. The van der Waals surface area contributed by atoms with Crippen LogP contribution in [0.25, 0.3) is 0 Å². The molecule has 1 saturated heterocycles. The second kappa shape index (κ2) is 5.92. The summed E-state index contributed by atoms with van der Waals surface area (Å²) in [5.41, 5.74) is 3.71. The van der Waals surface area contributed by atoms with E-state index >= 15 is 0 Å². The molecule has 1 atom stereocenters. The summed E-state index contributed by atoms with van der Waals surface area (Å²) < 4.78 is 0. The summed E-state index contributed by atoms with van der Waals surface area (Å²) >= 11 is 1.94. The van der Waals surface area contributed by atoms with Crippen molar-refractivity contribution in [3.05, 3.63) is 30.3 Å². The molecule has 2 rings (SSSR count). The number of hydrogen-bond acceptors (Lipinski definition) is 3. The molecular formula is C12H17N3S. The lowest BCUT2D eigenvalue weighted by Gasteiger charge is -2.22. The molecule has 0 aliphatic carbocycles. The first-order valence-electron chi connectivity index (χ1n) is 5.62. The zero-order valence-corrected chi connectivity index (χ0v) is 10.0. The molecule has 3 nitrogen and oxygen atoms in total. The van der Waals surface area contributed by atoms with Crippen molar-refractivity contribution in [2.45, 2.75) is 24.5 Å². The third kappa shape index (κ3) is 3.00. The molecule has 4 heteroatoms. The zero-order chi connectivity index (χ0) is 11.2. The minimum Gasteiger partial charge on any atom is -0.311 e. The Balaban J connectivity index is 2.12. The Kier molecular flexibility index (Phi) is 4.25. The number of nitrogens with two attached hydrogens (primary N) is 1. The molecule has 1 fully saturated rings. The number of rotatable bonds is 2. The molecule has 16 heavy (non-hydrogen) atoms. The van der Waals surface area contributed by atoms with Gasteiger partial charge in [0.05, 0.1) is 10.9 Å². The fraction of sp³-hybridized carbons (Fsp3) is 0.417. The number of benzene rings is 1. The molecule has 0 amide bonds. The average molecular weight is 235 g/mol. The van der Waals surface area contributed by atoms with Crippen LogP contribution in [0.2, 0.25) is 0 Å². The van der Waals surface area contributed by atoms with Gasteiger partial charge in [0, 0.05) is 0 Å². The molecule has 0 spiro atoms. The summed E-state index contributed by atoms with van der Waals surface area (Å²) in [4.78, 5) is 4.56. The fourth-order valence-electron chi connectivity index (χ4n) is 1.80. The van der Waals surface area contributed by atoms with E-state index in [0.717, 1.165) is 11.5 Å². The summed E-state index contributed by atoms with van der Waals surface area (Å²) in [6, 6.07) is 9.95. The van der Waals surface area contributed by atoms with Gasteiger partial charge in [0.1, 0.15) is 5.84 Å². The van der Waals surface area contributed by atoms with E-state index in [0.29, 0.717) is 5.25 Å². The smallest absolute Gasteiger partial charge is 0.129 e. The van der Waals surface area contributed by atoms with Crippen LogP contribution in [0.4, 0.5) is 5.69 Å². The van der Waals surface area contributed by atoms with Crippen LogP contribution in [0, 0.1) is 0 Å². The molecule has 0 radical (unpaired) electrons. The molecule has 0 bridgehead atoms. The van der Waals surface area contributed by atoms with Gasteiger partial charge in [-0.1, -0.05) is 24.6 Å². The first kappa shape index (κ1) is 11.5. The number of para-hydroxylation sites is 1. The first-order valence-corrected chi connectivity index (χ1v) is 6.67. The topological polar surface area (TPSA) is 50.4 Å². The Morgan fingerprint density at radius 2 is 2.12 bits per heavy atom. The third-order valence-electron chi connectivity index (χ3n) is 2.64. The molecule has 1 aromatic rings. The van der Waals surface area contributed by atoms with Gasteiger partial charge >= 0.3 is 0 Å². The normalized spacial score (nSPS) is 21.8. The Hall–Kier alpha value is -1.00. The quantitative estimate of drug-likeness (QED) is 0.358. The highest BCUT2D eigenvalue weighted by Gasteiger charge is 2.19. The number of hydrogen-bond donors (Lipinski definition) is 2. The third-order valence-corrected chi connectivity index (χ3v) is 4.02. The van der Waals surface area contributed by atoms with Crippen LogP contribution in [-0.4, -0.2) is 16.8 Å². The van der Waals surface area contributed by atoms with Crippen LogP contribution in [0.3, 0.4) is 0 Å². The minimum atomic E-state index is 0.430. The van der Waals surface area contributed by atoms with Gasteiger partial charge in [-0.15, -0.1) is 0 Å². The van der Waals surface area contributed by atoms with Gasteiger partial charge in [-0.05, 0) is 30.7 Å². The second-order valence-electron chi connectivity index (χ2n) is 3.83. The van der Waals surface area contributed by atoms with Crippen molar-refractivity contribution in [2.24, 2.45) is 10.8 Å². The van der Waals surface area contributed by atoms with E-state index < -0.39 is 0 Å². The molecule has 1 heterocycles. The summed E-state index contributed by atoms with van der Waals surface area (Å²) in [6.07, 6.45) is 3.75. The zero-order valence-electron chi connectivity index (χ0n) is 9.23. The number of amidine groups is 1. The van der Waals surface area contributed by atoms with Crippen molar-refractivity contribution in [1.29, 1.82) is 0 Å². The van der Waals surface area contributed by atoms with E-state index in [2.05, 4.69) is 10.4 Å². The number of thioether (sulfide) groups is 1. The molecular weight excluding hydrogens is 218 g/mol. The van der Waals surface area contributed by atoms with E-state index in [4.69, 9.17) is 5.84 Å². The van der Waals surface area contributed by atoms with Crippen molar-refractivity contribution in [2.75, 3.05) is 5.75 Å². The Morgan fingerprint density at radius 3 is 2.75 bits per heavy atom. The SMILES string of the molecule is NNC(=Nc1ccccc1)C1CCCCS1. The molecule has 1 aliphatic heterocycles. The molecule has 1 aromatic carbocycles. The largest absolute Gasteiger partial charge is 0.311 e. The molecule has 0 saturated carbocycles. The van der Waals surface area contributed by atoms with Crippen LogP contribution in [0.15, 0.2) is 35.3 Å². The minimum absolute atomic E-state index is 0.430. The van der Waals surface area contributed by atoms with Crippen LogP contribution in [-0.2, 0) is 0 Å². The monoisotopic (exact) mass is 235 g/mol. The maximum Gasteiger partial charge on any atom is 0.129 e. The van der Waals surface area contributed by atoms with E-state index in [1.54, 1.807) is 0 Å². The first-order chi connectivity index (χ1) is 7.90. The molecule has 86 valence electrons. The Morgan fingerprint density at radius 1 is 1.31 bits per heavy atom. The molecule has 0 aromatic heterocycles. The number of nitrogens with zero attached hydrogens (tertiary/aromatic N) is 1. The Bertz CT molecular complexity index is 345. The lowest BCUT2D eigenvalue weighted by Crippen LogP contribution is -2.38. The second-order valence-corrected chi connectivity index (χ2v) is 5.14. The van der Waals surface area contributed by atoms with E-state index in [-0.39, 0.29) is 0 Å². The lowest BCUT2D eigenvalue weighted by molar-refractivity contribution is 0.721. The van der Waals surface area contributed by atoms with E-state index in [1.807, 2.05) is 42.1 Å². The van der Waals surface area contributed by atoms with Crippen molar-refractivity contribution < 1.29 is 0 Å². The highest BCUT2D eigenvalue weighted by molar-refractivity contribution is 8.00. The lowest BCUT2D eigenvalue weighted by atomic mass is 10.2. The molecule has 1 unspecified atom stereocenters. The van der Waals surface area contributed by atoms with Gasteiger partial charge in [-0.2, -0.15) is 11.8 Å². The summed E-state index contributed by atoms with van der Waals surface area (Å²) in [5, 5.41) is 0.430. The van der Waals surface area contributed by atoms with Crippen molar-refractivity contribution in [3.8, 4) is 0 Å². The van der Waals surface area contributed by atoms with Gasteiger partial charge in [0.25, 0.3) is 0 Å². The standard InChI is InChI=1S/C12H17N3S/c13-15-12(11-8-4-5-9-16-11)14-10-6-2-1-3-7-10/h1-3,6-7,11H,4-5,8-9,13H2,(H,14,15). The van der Waals surface area contributed by atoms with Gasteiger partial charge in [-0.3, -0.25) is 0 Å². The van der Waals surface area contributed by atoms with Crippen LogP contribution < -0.4 is 11.3 Å². The van der Waals surface area contributed by atoms with E-state index in [9.17, 15) is 0 Å². The Labute approximate surface area is 100 Å². The predicted molar refractivity (Wildman–Crippen MR) is 71.0 cm³/mol. The summed E-state index contributed by atoms with van der Waals surface area (Å²) in [5.74, 6) is 7.66. The maximum absolute atomic E-state index is 5.56. The highest BCUT2D eigenvalue weighted by atomic mass is 32.2. The van der Waals surface area contributed by atoms with E-state index in [1.165, 1.54) is 25.0 Å². The van der Waals surface area contributed by atoms with Crippen molar-refractivity contribution >= 4 is 23.3 Å². The number of aliphatic imine (C=N–C) groups is 1. The van der Waals surface area contributed by atoms with Gasteiger partial charge < -0.3 is 5.43 Å².